The minimum Gasteiger partial charge on any atom is -0.295 e. The van der Waals surface area contributed by atoms with E-state index in [2.05, 4.69) is 17.6 Å². The van der Waals surface area contributed by atoms with Gasteiger partial charge in [-0.15, -0.1) is 0 Å². The van der Waals surface area contributed by atoms with E-state index in [1.54, 1.807) is 13.1 Å². The summed E-state index contributed by atoms with van der Waals surface area (Å²) < 4.78 is 0. The third-order valence-electron chi connectivity index (χ3n) is 4.41. The molecule has 4 nitrogen and oxygen atoms in total. The predicted molar refractivity (Wildman–Crippen MR) is 109 cm³/mol. The molecule has 0 N–H and O–H groups in total. The summed E-state index contributed by atoms with van der Waals surface area (Å²) >= 11 is 0. The Morgan fingerprint density at radius 2 is 1.52 bits per heavy atom. The van der Waals surface area contributed by atoms with E-state index in [9.17, 15) is 15.8 Å². The Hall–Kier alpha value is -4.20. The highest BCUT2D eigenvalue weighted by Crippen LogP contribution is 2.18. The van der Waals surface area contributed by atoms with Crippen LogP contribution in [-0.4, -0.2) is 13.3 Å². The summed E-state index contributed by atoms with van der Waals surface area (Å²) in [7, 11) is 1.61. The Labute approximate surface area is 156 Å². The average molecular weight is 346 g/mol. The number of benzene rings is 3. The molecule has 0 fully saturated rings. The van der Waals surface area contributed by atoms with Crippen LogP contribution in [0.15, 0.2) is 54.0 Å². The normalized spacial score (nSPS) is 11.6. The van der Waals surface area contributed by atoms with Crippen molar-refractivity contribution in [2.45, 2.75) is 0 Å². The molecule has 0 heterocycles. The average Bonchev–Trinajstić information content (AvgIpc) is 2.72. The van der Waals surface area contributed by atoms with Gasteiger partial charge in [-0.2, -0.15) is 15.8 Å². The van der Waals surface area contributed by atoms with E-state index in [0.29, 0.717) is 10.8 Å². The third-order valence-corrected chi connectivity index (χ3v) is 4.41. The largest absolute Gasteiger partial charge is 0.295 e. The highest BCUT2D eigenvalue weighted by atomic mass is 14.6. The first-order chi connectivity index (χ1) is 13.2. The number of hydrogen-bond acceptors (Lipinski definition) is 4. The fourth-order valence-electron chi connectivity index (χ4n) is 3.30. The molecule has 0 aliphatic heterocycles. The molecule has 27 heavy (non-hydrogen) atoms. The molecular weight excluding hydrogens is 332 g/mol. The minimum absolute atomic E-state index is 0.0339. The molecule has 0 aromatic heterocycles. The summed E-state index contributed by atoms with van der Waals surface area (Å²) in [6, 6.07) is 19.4. The zero-order valence-electron chi connectivity index (χ0n) is 14.7. The van der Waals surface area contributed by atoms with E-state index in [-0.39, 0.29) is 5.57 Å². The zero-order valence-corrected chi connectivity index (χ0v) is 14.7. The summed E-state index contributed by atoms with van der Waals surface area (Å²) in [5.74, 6) is 0. The van der Waals surface area contributed by atoms with Gasteiger partial charge in [0.25, 0.3) is 0 Å². The maximum Gasteiger partial charge on any atom is 0.138 e. The molecular formula is C23H14N4. The fourth-order valence-corrected chi connectivity index (χ4v) is 3.30. The van der Waals surface area contributed by atoms with Crippen LogP contribution in [0.2, 0.25) is 0 Å². The molecule has 0 radical (unpaired) electrons. The van der Waals surface area contributed by atoms with Crippen LogP contribution in [0.25, 0.3) is 38.8 Å². The summed E-state index contributed by atoms with van der Waals surface area (Å²) in [5, 5.41) is 33.1. The van der Waals surface area contributed by atoms with Gasteiger partial charge in [0.1, 0.15) is 23.8 Å². The van der Waals surface area contributed by atoms with Crippen LogP contribution < -0.4 is 10.4 Å². The van der Waals surface area contributed by atoms with Crippen LogP contribution in [0.4, 0.5) is 0 Å². The van der Waals surface area contributed by atoms with E-state index in [1.807, 2.05) is 54.6 Å². The van der Waals surface area contributed by atoms with Crippen molar-refractivity contribution in [3.8, 4) is 18.2 Å². The van der Waals surface area contributed by atoms with Gasteiger partial charge in [-0.1, -0.05) is 49.1 Å². The van der Waals surface area contributed by atoms with E-state index in [0.717, 1.165) is 32.3 Å². The van der Waals surface area contributed by atoms with Crippen LogP contribution >= 0.6 is 0 Å². The molecule has 0 unspecified atom stereocenters. The van der Waals surface area contributed by atoms with Gasteiger partial charge in [0.15, 0.2) is 0 Å². The Morgan fingerprint density at radius 3 is 2.07 bits per heavy atom. The van der Waals surface area contributed by atoms with Crippen molar-refractivity contribution in [1.29, 1.82) is 15.8 Å². The predicted octanol–water partition coefficient (Wildman–Crippen LogP) is 3.21. The van der Waals surface area contributed by atoms with Crippen LogP contribution in [0.3, 0.4) is 0 Å². The van der Waals surface area contributed by atoms with Crippen LogP contribution in [-0.2, 0) is 0 Å². The van der Waals surface area contributed by atoms with E-state index < -0.39 is 0 Å². The van der Waals surface area contributed by atoms with Crippen molar-refractivity contribution in [3.05, 3.63) is 65.0 Å². The van der Waals surface area contributed by atoms with Gasteiger partial charge in [-0.3, -0.25) is 4.99 Å². The van der Waals surface area contributed by atoms with Gasteiger partial charge < -0.3 is 0 Å². The maximum atomic E-state index is 9.70. The number of nitrogens with zero attached hydrogens (tertiary/aromatic N) is 4. The number of aliphatic imine (C=N–C) groups is 1. The van der Waals surface area contributed by atoms with E-state index in [1.165, 1.54) is 6.21 Å². The van der Waals surface area contributed by atoms with Crippen LogP contribution in [0, 0.1) is 34.0 Å². The standard InChI is InChI=1S/C23H14N4/c1-3-15-8-9-20-21(10-15)22(16(11-24)12-25)18-6-4-5-7-19(18)23(20)17(13-26)14-27-2/h3-10,14H,1H2,2H3/b23-17-,27-14?. The first-order valence-electron chi connectivity index (χ1n) is 8.18. The monoisotopic (exact) mass is 346 g/mol. The number of fused-ring (bicyclic) bond motifs is 2. The quantitative estimate of drug-likeness (QED) is 0.527. The number of rotatable bonds is 2. The molecule has 3 aromatic rings. The van der Waals surface area contributed by atoms with Crippen molar-refractivity contribution in [2.75, 3.05) is 7.05 Å². The molecule has 0 amide bonds. The summed E-state index contributed by atoms with van der Waals surface area (Å²) in [6.07, 6.45) is 3.24. The number of hydrogen-bond donors (Lipinski definition) is 0. The molecule has 0 spiro atoms. The molecule has 0 saturated carbocycles. The highest BCUT2D eigenvalue weighted by Gasteiger charge is 2.12. The highest BCUT2D eigenvalue weighted by molar-refractivity contribution is 6.15. The third kappa shape index (κ3) is 2.85. The second kappa shape index (κ2) is 7.36. The second-order valence-electron chi connectivity index (χ2n) is 5.82. The lowest BCUT2D eigenvalue weighted by molar-refractivity contribution is 1.47. The van der Waals surface area contributed by atoms with Gasteiger partial charge >= 0.3 is 0 Å². The molecule has 0 saturated heterocycles. The fraction of sp³-hybridized carbons (Fsp3) is 0.0435. The lowest BCUT2D eigenvalue weighted by atomic mass is 9.92. The molecule has 3 aromatic carbocycles. The first kappa shape index (κ1) is 17.6. The Morgan fingerprint density at radius 1 is 0.889 bits per heavy atom. The maximum absolute atomic E-state index is 9.70. The van der Waals surface area contributed by atoms with E-state index >= 15 is 0 Å². The number of nitriles is 3. The molecule has 0 atom stereocenters. The van der Waals surface area contributed by atoms with Crippen molar-refractivity contribution in [3.63, 3.8) is 0 Å². The Balaban J connectivity index is 2.91. The van der Waals surface area contributed by atoms with Gasteiger partial charge in [-0.05, 0) is 33.2 Å². The topological polar surface area (TPSA) is 83.7 Å². The van der Waals surface area contributed by atoms with Crippen molar-refractivity contribution in [1.82, 2.24) is 0 Å². The van der Waals surface area contributed by atoms with Crippen LogP contribution in [0.1, 0.15) is 5.56 Å². The molecule has 126 valence electrons. The lowest BCUT2D eigenvalue weighted by Gasteiger charge is -2.09. The van der Waals surface area contributed by atoms with Crippen molar-refractivity contribution in [2.24, 2.45) is 4.99 Å². The van der Waals surface area contributed by atoms with Gasteiger partial charge in [0, 0.05) is 23.7 Å². The smallest absolute Gasteiger partial charge is 0.138 e. The molecule has 4 heteroatoms. The molecule has 0 aliphatic carbocycles. The summed E-state index contributed by atoms with van der Waals surface area (Å²) in [6.45, 7) is 3.80. The molecule has 0 aliphatic rings. The molecule has 0 bridgehead atoms. The van der Waals surface area contributed by atoms with Gasteiger partial charge in [0.2, 0.25) is 0 Å². The zero-order chi connectivity index (χ0) is 19.4. The Bertz CT molecular complexity index is 1350. The lowest BCUT2D eigenvalue weighted by Crippen LogP contribution is -2.19. The van der Waals surface area contributed by atoms with Gasteiger partial charge in [-0.25, -0.2) is 0 Å². The van der Waals surface area contributed by atoms with Crippen LogP contribution in [0.5, 0.6) is 0 Å². The van der Waals surface area contributed by atoms with Crippen molar-refractivity contribution < 1.29 is 0 Å². The molecule has 3 rings (SSSR count). The second-order valence-corrected chi connectivity index (χ2v) is 5.82. The first-order valence-corrected chi connectivity index (χ1v) is 8.18. The summed E-state index contributed by atoms with van der Waals surface area (Å²) in [4.78, 5) is 4.01. The summed E-state index contributed by atoms with van der Waals surface area (Å²) in [5.41, 5.74) is 1.32. The SMILES string of the molecule is C=Cc1ccc2/c(=C(/C#N)C=NC)c3ccccc3c(=C(C#N)C#N)c2c1. The van der Waals surface area contributed by atoms with E-state index in [4.69, 9.17) is 0 Å². The van der Waals surface area contributed by atoms with Crippen molar-refractivity contribution >= 4 is 45.0 Å². The van der Waals surface area contributed by atoms with Gasteiger partial charge in [0.05, 0.1) is 5.57 Å². The minimum atomic E-state index is 0.0339. The Kier molecular flexibility index (Phi) is 4.80.